The van der Waals surface area contributed by atoms with Gasteiger partial charge in [0, 0.05) is 0 Å². The highest BCUT2D eigenvalue weighted by molar-refractivity contribution is 5.96. The summed E-state index contributed by atoms with van der Waals surface area (Å²) in [6.45, 7) is 6.61. The van der Waals surface area contributed by atoms with Crippen molar-refractivity contribution in [2.75, 3.05) is 0 Å². The molecule has 0 fully saturated rings. The fourth-order valence-electron chi connectivity index (χ4n) is 0.245. The van der Waals surface area contributed by atoms with E-state index < -0.39 is 11.9 Å². The largest absolute Gasteiger partial charge is 0.352 e. The molecule has 0 aromatic carbocycles. The molecule has 66 valence electrons. The lowest BCUT2D eigenvalue weighted by atomic mass is 10.1. The molecule has 0 aromatic heterocycles. The predicted octanol–water partition coefficient (Wildman–Crippen LogP) is 1.25. The second-order valence-corrected chi connectivity index (χ2v) is 1.74. The normalized spacial score (nSPS) is 10.6. The molecule has 1 N–H and O–H groups in total. The lowest BCUT2D eigenvalue weighted by Crippen LogP contribution is -2.19. The lowest BCUT2D eigenvalue weighted by Gasteiger charge is -1.99. The Labute approximate surface area is 66.1 Å². The number of carbonyl (C=O) groups is 2. The van der Waals surface area contributed by atoms with Crippen LogP contribution in [0.3, 0.4) is 0 Å². The first kappa shape index (κ1) is 12.7. The van der Waals surface area contributed by atoms with Crippen molar-refractivity contribution in [1.82, 2.24) is 0 Å². The molecule has 0 aliphatic carbocycles. The van der Waals surface area contributed by atoms with Gasteiger partial charge < -0.3 is 4.89 Å². The summed E-state index contributed by atoms with van der Waals surface area (Å²) in [6.07, 6.45) is 0. The second-order valence-electron chi connectivity index (χ2n) is 1.74. The summed E-state index contributed by atoms with van der Waals surface area (Å²) < 4.78 is 0. The molecule has 0 aliphatic rings. The summed E-state index contributed by atoms with van der Waals surface area (Å²) >= 11 is 0. The van der Waals surface area contributed by atoms with Crippen LogP contribution >= 0.6 is 0 Å². The van der Waals surface area contributed by atoms with Gasteiger partial charge in [-0.25, -0.2) is 4.79 Å². The maximum atomic E-state index is 10.3. The molecule has 0 aliphatic heterocycles. The topological polar surface area (TPSA) is 63.6 Å². The van der Waals surface area contributed by atoms with Crippen molar-refractivity contribution in [3.63, 3.8) is 0 Å². The highest BCUT2D eigenvalue weighted by atomic mass is 17.1. The number of rotatable bonds is 2. The van der Waals surface area contributed by atoms with Crippen molar-refractivity contribution in [2.45, 2.75) is 27.7 Å². The summed E-state index contributed by atoms with van der Waals surface area (Å²) in [7, 11) is 0. The molecule has 0 rings (SSSR count). The highest BCUT2D eigenvalue weighted by Crippen LogP contribution is 1.97. The summed E-state index contributed by atoms with van der Waals surface area (Å²) in [5.41, 5.74) is 0. The van der Waals surface area contributed by atoms with Gasteiger partial charge >= 0.3 is 5.97 Å². The van der Waals surface area contributed by atoms with Crippen LogP contribution in [0.1, 0.15) is 27.7 Å². The third-order valence-electron chi connectivity index (χ3n) is 1.05. The first-order valence-corrected chi connectivity index (χ1v) is 3.45. The van der Waals surface area contributed by atoms with E-state index in [0.29, 0.717) is 0 Å². The van der Waals surface area contributed by atoms with E-state index in [2.05, 4.69) is 4.89 Å². The fourth-order valence-corrected chi connectivity index (χ4v) is 0.245. The van der Waals surface area contributed by atoms with Gasteiger partial charge in [0.25, 0.3) is 0 Å². The van der Waals surface area contributed by atoms with Crippen LogP contribution in [-0.4, -0.2) is 17.0 Å². The van der Waals surface area contributed by atoms with E-state index in [9.17, 15) is 9.59 Å². The van der Waals surface area contributed by atoms with Gasteiger partial charge in [-0.15, -0.1) is 0 Å². The van der Waals surface area contributed by atoms with Crippen LogP contribution in [0, 0.1) is 5.92 Å². The molecule has 0 amide bonds. The van der Waals surface area contributed by atoms with Crippen LogP contribution in [0.4, 0.5) is 0 Å². The number of hydrogen-bond donors (Lipinski definition) is 1. The van der Waals surface area contributed by atoms with Gasteiger partial charge in [-0.05, 0) is 13.8 Å². The summed E-state index contributed by atoms with van der Waals surface area (Å²) in [5.74, 6) is -2.11. The molecule has 0 heterocycles. The van der Waals surface area contributed by atoms with Crippen molar-refractivity contribution in [1.29, 1.82) is 0 Å². The molecular formula is C7H14O4. The number of carbonyl (C=O) groups excluding carboxylic acids is 2. The van der Waals surface area contributed by atoms with E-state index in [4.69, 9.17) is 5.26 Å². The van der Waals surface area contributed by atoms with Crippen LogP contribution in [0.2, 0.25) is 0 Å². The van der Waals surface area contributed by atoms with Crippen molar-refractivity contribution < 1.29 is 19.7 Å². The number of hydrogen-bond acceptors (Lipinski definition) is 4. The number of Topliss-reactive ketones (excluding diaryl/α,β-unsaturated/α-hetero) is 1. The highest BCUT2D eigenvalue weighted by Gasteiger charge is 2.18. The van der Waals surface area contributed by atoms with E-state index in [1.807, 2.05) is 13.8 Å². The molecule has 0 radical (unpaired) electrons. The molecular weight excluding hydrogens is 148 g/mol. The Morgan fingerprint density at radius 1 is 1.36 bits per heavy atom. The molecule has 0 saturated carbocycles. The quantitative estimate of drug-likeness (QED) is 0.377. The van der Waals surface area contributed by atoms with Gasteiger partial charge in [-0.1, -0.05) is 13.8 Å². The smallest absolute Gasteiger partial charge is 0.300 e. The Morgan fingerprint density at radius 2 is 1.73 bits per heavy atom. The molecule has 4 nitrogen and oxygen atoms in total. The van der Waals surface area contributed by atoms with E-state index in [0.717, 1.165) is 0 Å². The van der Waals surface area contributed by atoms with Crippen molar-refractivity contribution in [3.8, 4) is 0 Å². The van der Waals surface area contributed by atoms with Crippen LogP contribution in [0.5, 0.6) is 0 Å². The zero-order valence-corrected chi connectivity index (χ0v) is 7.25. The van der Waals surface area contributed by atoms with Gasteiger partial charge in [0.2, 0.25) is 0 Å². The Kier molecular flexibility index (Phi) is 8.36. The summed E-state index contributed by atoms with van der Waals surface area (Å²) in [6, 6.07) is 0. The van der Waals surface area contributed by atoms with E-state index in [-0.39, 0.29) is 5.78 Å². The first-order chi connectivity index (χ1) is 5.09. The van der Waals surface area contributed by atoms with Crippen molar-refractivity contribution in [3.05, 3.63) is 0 Å². The Balaban J connectivity index is 0. The molecule has 11 heavy (non-hydrogen) atoms. The predicted molar refractivity (Wildman–Crippen MR) is 39.9 cm³/mol. The van der Waals surface area contributed by atoms with Crippen LogP contribution in [0.15, 0.2) is 0 Å². The van der Waals surface area contributed by atoms with Gasteiger partial charge in [0.15, 0.2) is 0 Å². The van der Waals surface area contributed by atoms with Gasteiger partial charge in [-0.2, -0.15) is 5.26 Å². The van der Waals surface area contributed by atoms with Crippen LogP contribution in [0.25, 0.3) is 0 Å². The first-order valence-electron chi connectivity index (χ1n) is 3.45. The molecule has 0 saturated heterocycles. The standard InChI is InChI=1S/C5H8O4.C2H6/c1-3(4(2)6)5(7)9-8;1-2/h3,8H,1-2H3;1-2H3. The SMILES string of the molecule is CC.CC(=O)C(C)C(=O)OO. The van der Waals surface area contributed by atoms with Gasteiger partial charge in [0.05, 0.1) is 0 Å². The maximum Gasteiger partial charge on any atom is 0.352 e. The molecule has 1 atom stereocenters. The second kappa shape index (κ2) is 7.21. The average Bonchev–Trinajstić information content (AvgIpc) is 2.05. The molecule has 4 heteroatoms. The zero-order valence-electron chi connectivity index (χ0n) is 7.25. The average molecular weight is 162 g/mol. The third-order valence-corrected chi connectivity index (χ3v) is 1.05. The molecule has 1 unspecified atom stereocenters. The molecule has 0 aromatic rings. The van der Waals surface area contributed by atoms with Gasteiger partial charge in [-0.3, -0.25) is 4.79 Å². The van der Waals surface area contributed by atoms with E-state index in [1.54, 1.807) is 0 Å². The minimum atomic E-state index is -0.914. The number of ketones is 1. The van der Waals surface area contributed by atoms with E-state index in [1.165, 1.54) is 13.8 Å². The van der Waals surface area contributed by atoms with Crippen molar-refractivity contribution in [2.24, 2.45) is 5.92 Å². The Hall–Kier alpha value is -0.900. The third kappa shape index (κ3) is 5.54. The zero-order chi connectivity index (χ0) is 9.44. The molecule has 0 spiro atoms. The van der Waals surface area contributed by atoms with E-state index >= 15 is 0 Å². The summed E-state index contributed by atoms with van der Waals surface area (Å²) in [4.78, 5) is 23.9. The van der Waals surface area contributed by atoms with Gasteiger partial charge in [0.1, 0.15) is 11.7 Å². The van der Waals surface area contributed by atoms with Crippen molar-refractivity contribution >= 4 is 11.8 Å². The molecule has 0 bridgehead atoms. The Morgan fingerprint density at radius 3 is 1.82 bits per heavy atom. The summed E-state index contributed by atoms with van der Waals surface area (Å²) in [5, 5.41) is 7.75. The van der Waals surface area contributed by atoms with Crippen LogP contribution < -0.4 is 0 Å². The monoisotopic (exact) mass is 162 g/mol. The maximum absolute atomic E-state index is 10.3. The fraction of sp³-hybridized carbons (Fsp3) is 0.714. The van der Waals surface area contributed by atoms with Crippen LogP contribution in [-0.2, 0) is 14.5 Å². The minimum absolute atomic E-state index is 0.325. The minimum Gasteiger partial charge on any atom is -0.300 e. The lowest BCUT2D eigenvalue weighted by molar-refractivity contribution is -0.237. The Bertz CT molecular complexity index is 130.